The van der Waals surface area contributed by atoms with Crippen molar-refractivity contribution >= 4 is 12.2 Å². The summed E-state index contributed by atoms with van der Waals surface area (Å²) in [6.07, 6.45) is 17.6. The van der Waals surface area contributed by atoms with Crippen LogP contribution in [0.4, 0.5) is 9.59 Å². The van der Waals surface area contributed by atoms with Crippen LogP contribution in [0.15, 0.2) is 23.9 Å². The van der Waals surface area contributed by atoms with Gasteiger partial charge in [-0.2, -0.15) is 4.90 Å². The van der Waals surface area contributed by atoms with E-state index in [-0.39, 0.29) is 0 Å². The number of allylic oxidation sites excluding steroid dienone is 3. The molecule has 2 saturated carbocycles. The molecule has 0 aromatic carbocycles. The molecule has 0 radical (unpaired) electrons. The van der Waals surface area contributed by atoms with Crippen LogP contribution < -0.4 is 0 Å². The molecule has 174 valence electrons. The fraction of sp³-hybridized carbons (Fsp3) is 0.769. The lowest BCUT2D eigenvalue weighted by Gasteiger charge is -2.39. The molecule has 0 aromatic heterocycles. The zero-order valence-electron chi connectivity index (χ0n) is 20.0. The molecule has 3 aliphatic rings. The van der Waals surface area contributed by atoms with Crippen molar-refractivity contribution < 1.29 is 19.1 Å². The second kappa shape index (κ2) is 10.2. The monoisotopic (exact) mass is 431 g/mol. The zero-order valence-corrected chi connectivity index (χ0v) is 20.0. The van der Waals surface area contributed by atoms with E-state index in [1.54, 1.807) is 0 Å². The topological polar surface area (TPSA) is 55.8 Å². The summed E-state index contributed by atoms with van der Waals surface area (Å²) in [6.45, 7) is 7.89. The predicted octanol–water partition coefficient (Wildman–Crippen LogP) is 7.51. The minimum Gasteiger partial charge on any atom is -0.442 e. The van der Waals surface area contributed by atoms with Crippen molar-refractivity contribution in [3.63, 3.8) is 0 Å². The minimum atomic E-state index is -0.627. The van der Waals surface area contributed by atoms with Crippen LogP contribution in [0, 0.1) is 11.8 Å². The number of imide groups is 1. The summed E-state index contributed by atoms with van der Waals surface area (Å²) >= 11 is 0. The highest BCUT2D eigenvalue weighted by molar-refractivity contribution is 5.91. The van der Waals surface area contributed by atoms with Crippen molar-refractivity contribution in [3.8, 4) is 0 Å². The van der Waals surface area contributed by atoms with Crippen molar-refractivity contribution in [2.45, 2.75) is 116 Å². The van der Waals surface area contributed by atoms with E-state index in [9.17, 15) is 9.59 Å². The van der Waals surface area contributed by atoms with Gasteiger partial charge in [0.2, 0.25) is 0 Å². The molecule has 31 heavy (non-hydrogen) atoms. The van der Waals surface area contributed by atoms with Crippen LogP contribution in [0.1, 0.15) is 105 Å². The van der Waals surface area contributed by atoms with Gasteiger partial charge in [0.1, 0.15) is 11.2 Å². The lowest BCUT2D eigenvalue weighted by atomic mass is 9.79. The number of amides is 2. The standard InChI is InChI=1S/C26H41NO4/c1-25(2,20-14-8-5-9-15-20)30-23(28)27(22-18-12-7-13-19-22)24(29)31-26(3,4)21-16-10-6-11-17-21/h12,18-21H,5-11,13-17H2,1-4H3. The van der Waals surface area contributed by atoms with Crippen LogP contribution in [-0.4, -0.2) is 28.3 Å². The van der Waals surface area contributed by atoms with E-state index in [1.165, 1.54) is 38.5 Å². The summed E-state index contributed by atoms with van der Waals surface area (Å²) in [7, 11) is 0. The molecule has 5 nitrogen and oxygen atoms in total. The summed E-state index contributed by atoms with van der Waals surface area (Å²) < 4.78 is 12.0. The van der Waals surface area contributed by atoms with Crippen molar-refractivity contribution in [2.24, 2.45) is 11.8 Å². The molecule has 0 bridgehead atoms. The van der Waals surface area contributed by atoms with E-state index in [0.717, 1.165) is 43.4 Å². The highest BCUT2D eigenvalue weighted by Gasteiger charge is 2.41. The normalized spacial score (nSPS) is 21.4. The maximum Gasteiger partial charge on any atom is 0.424 e. The molecule has 0 atom stereocenters. The summed E-state index contributed by atoms with van der Waals surface area (Å²) in [4.78, 5) is 27.8. The molecule has 2 fully saturated rings. The van der Waals surface area contributed by atoms with Gasteiger partial charge in [-0.05, 0) is 84.1 Å². The van der Waals surface area contributed by atoms with E-state index in [4.69, 9.17) is 9.47 Å². The van der Waals surface area contributed by atoms with Crippen molar-refractivity contribution in [3.05, 3.63) is 23.9 Å². The quantitative estimate of drug-likeness (QED) is 0.452. The molecular weight excluding hydrogens is 390 g/mol. The lowest BCUT2D eigenvalue weighted by molar-refractivity contribution is -0.0479. The predicted molar refractivity (Wildman–Crippen MR) is 123 cm³/mol. The molecule has 0 N–H and O–H groups in total. The Labute approximate surface area is 188 Å². The number of hydrogen-bond acceptors (Lipinski definition) is 4. The Morgan fingerprint density at radius 2 is 1.23 bits per heavy atom. The summed E-state index contributed by atoms with van der Waals surface area (Å²) in [5, 5.41) is 0. The third-order valence-corrected chi connectivity index (χ3v) is 7.48. The molecule has 0 spiro atoms. The van der Waals surface area contributed by atoms with Gasteiger partial charge >= 0.3 is 12.2 Å². The van der Waals surface area contributed by atoms with Gasteiger partial charge in [0.05, 0.1) is 5.70 Å². The van der Waals surface area contributed by atoms with Gasteiger partial charge in [-0.1, -0.05) is 50.7 Å². The number of nitrogens with zero attached hydrogens (tertiary/aromatic N) is 1. The zero-order chi connectivity index (χ0) is 22.5. The first kappa shape index (κ1) is 23.9. The Hall–Kier alpha value is -1.78. The minimum absolute atomic E-state index is 0.317. The molecule has 0 unspecified atom stereocenters. The highest BCUT2D eigenvalue weighted by Crippen LogP contribution is 2.37. The Morgan fingerprint density at radius 3 is 1.61 bits per heavy atom. The van der Waals surface area contributed by atoms with Gasteiger partial charge in [0.25, 0.3) is 0 Å². The Morgan fingerprint density at radius 1 is 0.774 bits per heavy atom. The van der Waals surface area contributed by atoms with Gasteiger partial charge in [-0.15, -0.1) is 0 Å². The lowest BCUT2D eigenvalue weighted by Crippen LogP contribution is -2.47. The average Bonchev–Trinajstić information content (AvgIpc) is 2.75. The first-order chi connectivity index (χ1) is 14.7. The number of ether oxygens (including phenoxy) is 2. The SMILES string of the molecule is CC(C)(OC(=O)N(C(=O)OC(C)(C)C1CCCCC1)C1=CCCC=C1)C1CCCCC1. The number of rotatable bonds is 5. The van der Waals surface area contributed by atoms with Gasteiger partial charge in [-0.25, -0.2) is 9.59 Å². The van der Waals surface area contributed by atoms with Crippen molar-refractivity contribution in [1.82, 2.24) is 4.90 Å². The Balaban J connectivity index is 1.75. The van der Waals surface area contributed by atoms with E-state index in [1.807, 2.05) is 45.9 Å². The van der Waals surface area contributed by atoms with Gasteiger partial charge < -0.3 is 9.47 Å². The maximum absolute atomic E-state index is 13.3. The van der Waals surface area contributed by atoms with Crippen LogP contribution in [0.5, 0.6) is 0 Å². The molecule has 0 aliphatic heterocycles. The summed E-state index contributed by atoms with van der Waals surface area (Å²) in [5.41, 5.74) is -0.679. The maximum atomic E-state index is 13.3. The van der Waals surface area contributed by atoms with Gasteiger partial charge in [0, 0.05) is 0 Å². The Bertz CT molecular complexity index is 650. The fourth-order valence-electron chi connectivity index (χ4n) is 5.35. The molecule has 2 amide bonds. The van der Waals surface area contributed by atoms with Crippen LogP contribution >= 0.6 is 0 Å². The molecule has 0 heterocycles. The second-order valence-corrected chi connectivity index (χ2v) is 10.6. The van der Waals surface area contributed by atoms with Crippen LogP contribution in [0.2, 0.25) is 0 Å². The molecule has 0 saturated heterocycles. The van der Waals surface area contributed by atoms with Crippen LogP contribution in [0.3, 0.4) is 0 Å². The molecule has 3 rings (SSSR count). The third-order valence-electron chi connectivity index (χ3n) is 7.48. The van der Waals surface area contributed by atoms with Crippen molar-refractivity contribution in [2.75, 3.05) is 0 Å². The first-order valence-electron chi connectivity index (χ1n) is 12.3. The smallest absolute Gasteiger partial charge is 0.424 e. The molecule has 5 heteroatoms. The van der Waals surface area contributed by atoms with Gasteiger partial charge in [-0.3, -0.25) is 0 Å². The average molecular weight is 432 g/mol. The van der Waals surface area contributed by atoms with Gasteiger partial charge in [0.15, 0.2) is 0 Å². The van der Waals surface area contributed by atoms with E-state index >= 15 is 0 Å². The fourth-order valence-corrected chi connectivity index (χ4v) is 5.35. The molecule has 3 aliphatic carbocycles. The van der Waals surface area contributed by atoms with Crippen LogP contribution in [-0.2, 0) is 9.47 Å². The number of carbonyl (C=O) groups is 2. The highest BCUT2D eigenvalue weighted by atomic mass is 16.6. The number of carbonyl (C=O) groups excluding carboxylic acids is 2. The van der Waals surface area contributed by atoms with E-state index in [0.29, 0.717) is 17.5 Å². The Kier molecular flexibility index (Phi) is 7.87. The largest absolute Gasteiger partial charge is 0.442 e. The number of hydrogen-bond donors (Lipinski definition) is 0. The summed E-state index contributed by atoms with van der Waals surface area (Å²) in [6, 6.07) is 0. The van der Waals surface area contributed by atoms with Crippen LogP contribution in [0.25, 0.3) is 0 Å². The van der Waals surface area contributed by atoms with Crippen molar-refractivity contribution in [1.29, 1.82) is 0 Å². The second-order valence-electron chi connectivity index (χ2n) is 10.6. The van der Waals surface area contributed by atoms with E-state index in [2.05, 4.69) is 0 Å². The summed E-state index contributed by atoms with van der Waals surface area (Å²) in [5.74, 6) is 0.634. The third kappa shape index (κ3) is 6.14. The van der Waals surface area contributed by atoms with E-state index < -0.39 is 23.4 Å². The molecule has 0 aromatic rings. The first-order valence-corrected chi connectivity index (χ1v) is 12.3. The molecular formula is C26H41NO4.